The largest absolute Gasteiger partial charge is 0.228 e. The molecular weight excluding hydrogens is 624 g/mol. The summed E-state index contributed by atoms with van der Waals surface area (Å²) < 4.78 is 1.70. The van der Waals surface area contributed by atoms with Gasteiger partial charge in [0.1, 0.15) is 0 Å². The predicted molar refractivity (Wildman–Crippen MR) is 172 cm³/mol. The second-order valence-electron chi connectivity index (χ2n) is 10.2. The van der Waals surface area contributed by atoms with Gasteiger partial charge in [0.25, 0.3) is 0 Å². The van der Waals surface area contributed by atoms with Crippen LogP contribution in [0.4, 0.5) is 0 Å². The van der Waals surface area contributed by atoms with Crippen molar-refractivity contribution in [3.63, 3.8) is 0 Å². The molecule has 1 aromatic carbocycles. The Morgan fingerprint density at radius 1 is 0.500 bits per heavy atom. The molecule has 0 aliphatic heterocycles. The van der Waals surface area contributed by atoms with Crippen LogP contribution in [0.15, 0.2) is 45.9 Å². The van der Waals surface area contributed by atoms with Crippen LogP contribution in [0, 0.1) is 23.7 Å². The minimum Gasteiger partial charge on any atom is -0.228 e. The van der Waals surface area contributed by atoms with Gasteiger partial charge in [-0.25, -0.2) is 19.9 Å². The average Bonchev–Trinajstić information content (AvgIpc) is 2.97. The molecule has 0 radical (unpaired) electrons. The van der Waals surface area contributed by atoms with Crippen LogP contribution in [0.3, 0.4) is 0 Å². The highest BCUT2D eigenvalue weighted by atomic mass is 79.9. The van der Waals surface area contributed by atoms with Crippen LogP contribution in [0.25, 0.3) is 0 Å². The van der Waals surface area contributed by atoms with Crippen molar-refractivity contribution in [3.8, 4) is 23.7 Å². The molecule has 0 aliphatic rings. The van der Waals surface area contributed by atoms with Gasteiger partial charge in [-0.2, -0.15) is 0 Å². The molecule has 0 spiro atoms. The number of aryl methyl sites for hydroxylation is 2. The smallest absolute Gasteiger partial charge is 0.205 e. The van der Waals surface area contributed by atoms with Crippen LogP contribution in [0.5, 0.6) is 0 Å². The molecule has 0 atom stereocenters. The molecule has 4 nitrogen and oxygen atoms in total. The Morgan fingerprint density at radius 2 is 0.850 bits per heavy atom. The highest BCUT2D eigenvalue weighted by molar-refractivity contribution is 9.10. The van der Waals surface area contributed by atoms with Crippen molar-refractivity contribution in [2.75, 3.05) is 0 Å². The maximum absolute atomic E-state index is 4.35. The van der Waals surface area contributed by atoms with Crippen molar-refractivity contribution in [2.24, 2.45) is 0 Å². The Kier molecular flexibility index (Phi) is 15.0. The van der Waals surface area contributed by atoms with Crippen LogP contribution < -0.4 is 0 Å². The lowest BCUT2D eigenvalue weighted by atomic mass is 9.92. The molecule has 0 unspecified atom stereocenters. The number of rotatable bonds is 14. The van der Waals surface area contributed by atoms with Crippen LogP contribution in [-0.2, 0) is 12.8 Å². The van der Waals surface area contributed by atoms with E-state index in [2.05, 4.69) is 101 Å². The molecule has 0 aliphatic carbocycles. The van der Waals surface area contributed by atoms with E-state index < -0.39 is 0 Å². The fourth-order valence-corrected chi connectivity index (χ4v) is 4.94. The van der Waals surface area contributed by atoms with Gasteiger partial charge < -0.3 is 0 Å². The minimum atomic E-state index is 0.530. The lowest BCUT2D eigenvalue weighted by Gasteiger charge is -2.12. The van der Waals surface area contributed by atoms with Gasteiger partial charge in [-0.05, 0) is 92.6 Å². The van der Waals surface area contributed by atoms with Crippen molar-refractivity contribution >= 4 is 31.9 Å². The summed E-state index contributed by atoms with van der Waals surface area (Å²) in [7, 11) is 0. The van der Waals surface area contributed by atoms with E-state index in [0.717, 1.165) is 45.8 Å². The molecule has 210 valence electrons. The molecule has 0 N–H and O–H groups in total. The number of hydrogen-bond donors (Lipinski definition) is 0. The minimum absolute atomic E-state index is 0.530. The molecule has 2 aromatic heterocycles. The maximum Gasteiger partial charge on any atom is 0.205 e. The van der Waals surface area contributed by atoms with Crippen LogP contribution in [0.2, 0.25) is 0 Å². The van der Waals surface area contributed by atoms with Crippen molar-refractivity contribution in [2.45, 2.75) is 104 Å². The average molecular weight is 665 g/mol. The summed E-state index contributed by atoms with van der Waals surface area (Å²) in [5, 5.41) is 0. The van der Waals surface area contributed by atoms with Crippen molar-refractivity contribution in [1.82, 2.24) is 19.9 Å². The van der Waals surface area contributed by atoms with E-state index in [1.165, 1.54) is 75.3 Å². The fraction of sp³-hybridized carbons (Fsp3) is 0.471. The lowest BCUT2D eigenvalue weighted by Crippen LogP contribution is -2.00. The summed E-state index contributed by atoms with van der Waals surface area (Å²) in [6.45, 7) is 4.52. The maximum atomic E-state index is 4.35. The number of aromatic nitrogens is 4. The third kappa shape index (κ3) is 11.9. The first-order valence-corrected chi connectivity index (χ1v) is 16.3. The third-order valence-corrected chi connectivity index (χ3v) is 7.61. The molecule has 0 bridgehead atoms. The quantitative estimate of drug-likeness (QED) is 0.127. The highest BCUT2D eigenvalue weighted by Gasteiger charge is 2.09. The molecule has 2 heterocycles. The first-order chi connectivity index (χ1) is 19.6. The number of hydrogen-bond acceptors (Lipinski definition) is 4. The lowest BCUT2D eigenvalue weighted by molar-refractivity contribution is 0.605. The summed E-state index contributed by atoms with van der Waals surface area (Å²) in [4.78, 5) is 17.4. The third-order valence-electron chi connectivity index (χ3n) is 6.79. The molecule has 0 amide bonds. The van der Waals surface area contributed by atoms with Gasteiger partial charge in [0.2, 0.25) is 11.6 Å². The van der Waals surface area contributed by atoms with Crippen molar-refractivity contribution in [1.29, 1.82) is 0 Å². The number of benzene rings is 1. The second kappa shape index (κ2) is 18.7. The van der Waals surface area contributed by atoms with Gasteiger partial charge in [-0.1, -0.05) is 89.9 Å². The van der Waals surface area contributed by atoms with Gasteiger partial charge in [0.15, 0.2) is 0 Å². The SMILES string of the molecule is CCCCCCCCc1cc(C#Cc2ncc(Br)cn2)c(CCCCCCCC)cc1C#Cc1ncc(Br)cn1. The monoisotopic (exact) mass is 662 g/mol. The first kappa shape index (κ1) is 32.0. The topological polar surface area (TPSA) is 51.6 Å². The Morgan fingerprint density at radius 3 is 1.23 bits per heavy atom. The number of nitrogens with zero attached hydrogens (tertiary/aromatic N) is 4. The Balaban J connectivity index is 1.91. The zero-order valence-electron chi connectivity index (χ0n) is 23.9. The Hall–Kier alpha value is -2.54. The molecule has 0 saturated heterocycles. The van der Waals surface area contributed by atoms with Crippen molar-refractivity contribution < 1.29 is 0 Å². The van der Waals surface area contributed by atoms with Gasteiger partial charge >= 0.3 is 0 Å². The van der Waals surface area contributed by atoms with Crippen LogP contribution in [-0.4, -0.2) is 19.9 Å². The van der Waals surface area contributed by atoms with Gasteiger partial charge in [0.05, 0.1) is 8.95 Å². The summed E-state index contributed by atoms with van der Waals surface area (Å²) in [5.41, 5.74) is 4.61. The molecule has 6 heteroatoms. The Bertz CT molecular complexity index is 1190. The molecule has 40 heavy (non-hydrogen) atoms. The summed E-state index contributed by atoms with van der Waals surface area (Å²) in [6, 6.07) is 4.52. The van der Waals surface area contributed by atoms with Crippen LogP contribution >= 0.6 is 31.9 Å². The zero-order chi connectivity index (χ0) is 28.4. The molecule has 3 aromatic rings. The molecular formula is C34H40Br2N4. The standard InChI is InChI=1S/C34H40Br2N4/c1-3-5-7-9-11-13-15-27-21-30(18-20-34-39-25-32(36)26-40-34)28(16-14-12-10-8-6-4-2)22-29(27)17-19-33-37-23-31(35)24-38-33/h21-26H,3-16H2,1-2H3. The number of halogens is 2. The number of unbranched alkanes of at least 4 members (excludes halogenated alkanes) is 10. The van der Waals surface area contributed by atoms with E-state index >= 15 is 0 Å². The van der Waals surface area contributed by atoms with Crippen molar-refractivity contribution in [3.05, 3.63) is 79.8 Å². The summed E-state index contributed by atoms with van der Waals surface area (Å²) in [5.74, 6) is 14.3. The highest BCUT2D eigenvalue weighted by Crippen LogP contribution is 2.22. The normalized spacial score (nSPS) is 10.5. The summed E-state index contributed by atoms with van der Waals surface area (Å²) >= 11 is 6.81. The fourth-order valence-electron chi connectivity index (χ4n) is 4.53. The van der Waals surface area contributed by atoms with E-state index in [1.54, 1.807) is 24.8 Å². The van der Waals surface area contributed by atoms with Crippen LogP contribution in [0.1, 0.15) is 125 Å². The van der Waals surface area contributed by atoms with Gasteiger partial charge in [-0.3, -0.25) is 0 Å². The second-order valence-corrected chi connectivity index (χ2v) is 12.0. The predicted octanol–water partition coefficient (Wildman–Crippen LogP) is 9.40. The van der Waals surface area contributed by atoms with E-state index in [-0.39, 0.29) is 0 Å². The summed E-state index contributed by atoms with van der Waals surface area (Å²) in [6.07, 6.45) is 24.0. The van der Waals surface area contributed by atoms with Gasteiger partial charge in [-0.15, -0.1) is 0 Å². The van der Waals surface area contributed by atoms with E-state index in [0.29, 0.717) is 11.6 Å². The zero-order valence-corrected chi connectivity index (χ0v) is 27.1. The molecule has 3 rings (SSSR count). The Labute approximate surface area is 257 Å². The molecule has 0 fully saturated rings. The van der Waals surface area contributed by atoms with E-state index in [1.807, 2.05) is 0 Å². The molecule has 0 saturated carbocycles. The van der Waals surface area contributed by atoms with E-state index in [9.17, 15) is 0 Å². The first-order valence-electron chi connectivity index (χ1n) is 14.7. The van der Waals surface area contributed by atoms with E-state index in [4.69, 9.17) is 0 Å². The van der Waals surface area contributed by atoms with Gasteiger partial charge in [0, 0.05) is 35.9 Å².